The van der Waals surface area contributed by atoms with E-state index in [-0.39, 0.29) is 25.4 Å². The van der Waals surface area contributed by atoms with E-state index in [9.17, 15) is 9.35 Å². The van der Waals surface area contributed by atoms with Crippen molar-refractivity contribution in [2.75, 3.05) is 31.3 Å². The highest BCUT2D eigenvalue weighted by atomic mass is 35.5. The highest BCUT2D eigenvalue weighted by Crippen LogP contribution is 2.48. The molecule has 2 fully saturated rings. The third kappa shape index (κ3) is 7.85. The number of amides is 1. The molecule has 2 N–H and O–H groups in total. The molecule has 174 valence electrons. The largest absolute Gasteiger partial charge is 0.616 e. The van der Waals surface area contributed by atoms with Crippen LogP contribution in [0.3, 0.4) is 0 Å². The van der Waals surface area contributed by atoms with E-state index in [2.05, 4.69) is 5.32 Å². The molecule has 0 aliphatic heterocycles. The van der Waals surface area contributed by atoms with Gasteiger partial charge in [-0.15, -0.1) is 0 Å². The third-order valence-corrected chi connectivity index (χ3v) is 8.30. The SMILES string of the molecule is O=C(NCC12CCCC(CCC1)C2)c1cc(OCCC[S+]([O-])CCCO)ccc1Cl.[CH2]. The maximum absolute atomic E-state index is 12.8. The van der Waals surface area contributed by atoms with Crippen molar-refractivity contribution < 1.29 is 19.2 Å². The lowest BCUT2D eigenvalue weighted by atomic mass is 9.62. The van der Waals surface area contributed by atoms with Crippen molar-refractivity contribution in [2.24, 2.45) is 11.3 Å². The molecule has 7 heteroatoms. The van der Waals surface area contributed by atoms with Gasteiger partial charge in [0.25, 0.3) is 5.91 Å². The summed E-state index contributed by atoms with van der Waals surface area (Å²) in [6.07, 6.45) is 10.1. The zero-order chi connectivity index (χ0) is 21.4. The van der Waals surface area contributed by atoms with E-state index in [4.69, 9.17) is 21.4 Å². The number of nitrogens with one attached hydrogen (secondary N) is 1. The first-order valence-corrected chi connectivity index (χ1v) is 13.0. The topological polar surface area (TPSA) is 81.6 Å². The Bertz CT molecular complexity index is 692. The minimum absolute atomic E-state index is 0. The fourth-order valence-electron chi connectivity index (χ4n) is 4.94. The highest BCUT2D eigenvalue weighted by Gasteiger charge is 2.39. The van der Waals surface area contributed by atoms with E-state index in [1.165, 1.54) is 44.9 Å². The van der Waals surface area contributed by atoms with E-state index < -0.39 is 11.2 Å². The second kappa shape index (κ2) is 12.9. The van der Waals surface area contributed by atoms with Gasteiger partial charge in [0, 0.05) is 26.0 Å². The molecule has 1 atom stereocenters. The fraction of sp³-hybridized carbons (Fsp3) is 0.667. The summed E-state index contributed by atoms with van der Waals surface area (Å²) in [5.74, 6) is 2.35. The molecule has 0 aromatic heterocycles. The van der Waals surface area contributed by atoms with Crippen LogP contribution in [0.5, 0.6) is 5.75 Å². The predicted molar refractivity (Wildman–Crippen MR) is 127 cm³/mol. The number of rotatable bonds is 11. The van der Waals surface area contributed by atoms with Crippen LogP contribution in [0.15, 0.2) is 18.2 Å². The van der Waals surface area contributed by atoms with Gasteiger partial charge in [-0.1, -0.05) is 55.9 Å². The summed E-state index contributed by atoms with van der Waals surface area (Å²) in [4.78, 5) is 12.8. The van der Waals surface area contributed by atoms with Gasteiger partial charge < -0.3 is 19.7 Å². The normalized spacial score (nSPS) is 23.5. The number of aliphatic hydroxyl groups is 1. The minimum Gasteiger partial charge on any atom is -0.616 e. The lowest BCUT2D eigenvalue weighted by Crippen LogP contribution is -2.43. The number of ether oxygens (including phenoxy) is 1. The van der Waals surface area contributed by atoms with Gasteiger partial charge in [0.15, 0.2) is 0 Å². The Morgan fingerprint density at radius 1 is 1.26 bits per heavy atom. The predicted octanol–water partition coefficient (Wildman–Crippen LogP) is 4.66. The smallest absolute Gasteiger partial charge is 0.252 e. The lowest BCUT2D eigenvalue weighted by molar-refractivity contribution is 0.0681. The minimum atomic E-state index is -0.927. The first-order valence-electron chi connectivity index (χ1n) is 11.2. The average molecular weight is 470 g/mol. The average Bonchev–Trinajstić information content (AvgIpc) is 2.75. The van der Waals surface area contributed by atoms with Gasteiger partial charge in [-0.3, -0.25) is 4.79 Å². The molecule has 5 nitrogen and oxygen atoms in total. The standard InChI is InChI=1S/C23H34ClNO4S.CH2/c24-21-8-7-19(29-12-4-14-30(28)13-3-11-26)15-20(21)22(27)25-17-23-9-1-5-18(16-23)6-2-10-23;/h7-8,15,18,26H,1-6,9-14,16-17H2,(H,25,27);1H2. The molecule has 1 aromatic rings. The molecule has 0 heterocycles. The summed E-state index contributed by atoms with van der Waals surface area (Å²) in [5, 5.41) is 12.3. The molecule has 1 amide bonds. The fourth-order valence-corrected chi connectivity index (χ4v) is 6.24. The van der Waals surface area contributed by atoms with E-state index in [1.54, 1.807) is 18.2 Å². The van der Waals surface area contributed by atoms with Crippen LogP contribution in [0, 0.1) is 18.8 Å². The number of hydrogen-bond acceptors (Lipinski definition) is 4. The summed E-state index contributed by atoms with van der Waals surface area (Å²) in [6.45, 7) is 1.22. The number of fused-ring (bicyclic) bond motifs is 2. The Balaban J connectivity index is 0.00000341. The second-order valence-electron chi connectivity index (χ2n) is 8.81. The summed E-state index contributed by atoms with van der Waals surface area (Å²) in [5.41, 5.74) is 0.712. The van der Waals surface area contributed by atoms with Crippen LogP contribution in [0.1, 0.15) is 68.1 Å². The van der Waals surface area contributed by atoms with Crippen LogP contribution < -0.4 is 10.1 Å². The molecule has 31 heavy (non-hydrogen) atoms. The molecule has 0 saturated heterocycles. The maximum atomic E-state index is 12.8. The zero-order valence-electron chi connectivity index (χ0n) is 18.4. The van der Waals surface area contributed by atoms with Crippen molar-refractivity contribution >= 4 is 28.7 Å². The molecule has 1 aromatic carbocycles. The van der Waals surface area contributed by atoms with Crippen LogP contribution in [0.2, 0.25) is 5.02 Å². The molecule has 3 rings (SSSR count). The van der Waals surface area contributed by atoms with E-state index >= 15 is 0 Å². The summed E-state index contributed by atoms with van der Waals surface area (Å²) in [6, 6.07) is 5.15. The molecule has 0 spiro atoms. The molecule has 2 bridgehead atoms. The number of aliphatic hydroxyl groups excluding tert-OH is 1. The van der Waals surface area contributed by atoms with E-state index in [1.807, 2.05) is 0 Å². The molecule has 2 saturated carbocycles. The van der Waals surface area contributed by atoms with Crippen molar-refractivity contribution in [3.63, 3.8) is 0 Å². The summed E-state index contributed by atoms with van der Waals surface area (Å²) < 4.78 is 17.5. The first-order chi connectivity index (χ1) is 14.5. The van der Waals surface area contributed by atoms with E-state index in [0.29, 0.717) is 47.3 Å². The zero-order valence-corrected chi connectivity index (χ0v) is 19.9. The molecule has 1 unspecified atom stereocenters. The van der Waals surface area contributed by atoms with Crippen molar-refractivity contribution in [3.05, 3.63) is 36.2 Å². The molecule has 2 aliphatic carbocycles. The molecule has 2 aliphatic rings. The quantitative estimate of drug-likeness (QED) is 0.365. The Kier molecular flexibility index (Phi) is 11.0. The van der Waals surface area contributed by atoms with Crippen molar-refractivity contribution in [1.29, 1.82) is 0 Å². The molecular weight excluding hydrogens is 434 g/mol. The monoisotopic (exact) mass is 469 g/mol. The Labute approximate surface area is 195 Å². The summed E-state index contributed by atoms with van der Waals surface area (Å²) in [7, 11) is 0. The van der Waals surface area contributed by atoms with Gasteiger partial charge >= 0.3 is 0 Å². The summed E-state index contributed by atoms with van der Waals surface area (Å²) >= 11 is 5.36. The second-order valence-corrected chi connectivity index (χ2v) is 10.9. The van der Waals surface area contributed by atoms with Gasteiger partial charge in [0.2, 0.25) is 0 Å². The van der Waals surface area contributed by atoms with Crippen LogP contribution >= 0.6 is 11.6 Å². The van der Waals surface area contributed by atoms with Crippen LogP contribution in [-0.4, -0.2) is 46.8 Å². The third-order valence-electron chi connectivity index (χ3n) is 6.48. The number of halogens is 1. The number of carbonyl (C=O) groups is 1. The number of benzene rings is 1. The number of carbonyl (C=O) groups excluding carboxylic acids is 1. The lowest BCUT2D eigenvalue weighted by Gasteiger charge is -2.45. The first kappa shape index (κ1) is 26.3. The highest BCUT2D eigenvalue weighted by molar-refractivity contribution is 7.91. The van der Waals surface area contributed by atoms with Crippen molar-refractivity contribution in [2.45, 2.75) is 57.8 Å². The number of hydrogen-bond donors (Lipinski definition) is 2. The van der Waals surface area contributed by atoms with Crippen molar-refractivity contribution in [3.8, 4) is 5.75 Å². The van der Waals surface area contributed by atoms with Crippen molar-refractivity contribution in [1.82, 2.24) is 5.32 Å². The Morgan fingerprint density at radius 2 is 1.97 bits per heavy atom. The molecule has 2 radical (unpaired) electrons. The Morgan fingerprint density at radius 3 is 2.68 bits per heavy atom. The van der Waals surface area contributed by atoms with Gasteiger partial charge in [-0.05, 0) is 48.8 Å². The molecular formula is C24H36ClNO4S. The van der Waals surface area contributed by atoms with Gasteiger partial charge in [0.05, 0.1) is 17.2 Å². The van der Waals surface area contributed by atoms with Gasteiger partial charge in [0.1, 0.15) is 17.3 Å². The maximum Gasteiger partial charge on any atom is 0.252 e. The van der Waals surface area contributed by atoms with E-state index in [0.717, 1.165) is 12.5 Å². The van der Waals surface area contributed by atoms with Gasteiger partial charge in [-0.2, -0.15) is 0 Å². The van der Waals surface area contributed by atoms with Crippen LogP contribution in [0.4, 0.5) is 0 Å². The Hall–Kier alpha value is -0.950. The van der Waals surface area contributed by atoms with Crippen LogP contribution in [-0.2, 0) is 11.2 Å². The van der Waals surface area contributed by atoms with Crippen LogP contribution in [0.25, 0.3) is 0 Å². The van der Waals surface area contributed by atoms with Gasteiger partial charge in [-0.25, -0.2) is 0 Å².